The Morgan fingerprint density at radius 3 is 0.284 bits per heavy atom. The zero-order chi connectivity index (χ0) is 77.4. The van der Waals surface area contributed by atoms with Crippen LogP contribution in [0.15, 0.2) is 109 Å². The van der Waals surface area contributed by atoms with Crippen molar-refractivity contribution in [1.29, 1.82) is 0 Å². The Labute approximate surface area is 625 Å². The average Bonchev–Trinajstić information content (AvgIpc) is 0.731. The van der Waals surface area contributed by atoms with Crippen LogP contribution in [0, 0.1) is 94.7 Å². The van der Waals surface area contributed by atoms with Crippen LogP contribution >= 0.6 is 0 Å². The van der Waals surface area contributed by atoms with E-state index >= 15 is 0 Å². The quantitative estimate of drug-likeness (QED) is 0.115. The van der Waals surface area contributed by atoms with Gasteiger partial charge in [-0.3, -0.25) is 0 Å². The summed E-state index contributed by atoms with van der Waals surface area (Å²) in [5.74, 6) is 50.7. The van der Waals surface area contributed by atoms with Crippen molar-refractivity contribution in [2.75, 3.05) is 0 Å². The summed E-state index contributed by atoms with van der Waals surface area (Å²) < 4.78 is 0. The monoisotopic (exact) mass is 1350 g/mol. The van der Waals surface area contributed by atoms with E-state index in [2.05, 4.69) is 453 Å². The topological polar surface area (TPSA) is 0 Å². The normalized spacial score (nSPS) is 12.9. The lowest BCUT2D eigenvalue weighted by Gasteiger charge is -2.38. The Morgan fingerprint density at radius 2 is 0.196 bits per heavy atom. The molecule has 0 aliphatic rings. The van der Waals surface area contributed by atoms with Crippen molar-refractivity contribution >= 4 is 0 Å². The number of hydrogen-bond donors (Lipinski definition) is 0. The maximum absolute atomic E-state index is 3.98. The Morgan fingerprint density at radius 1 is 0.118 bits per heavy atom. The lowest BCUT2D eigenvalue weighted by atomic mass is 9.64. The Bertz CT molecular complexity index is 3820. The minimum Gasteiger partial charge on any atom is -0.0677 e. The van der Waals surface area contributed by atoms with Crippen LogP contribution in [0.5, 0.6) is 0 Å². The molecule has 0 aliphatic carbocycles. The summed E-state index contributed by atoms with van der Waals surface area (Å²) in [6.07, 6.45) is 0. The summed E-state index contributed by atoms with van der Waals surface area (Å²) in [4.78, 5) is 0. The fourth-order valence-electron chi connectivity index (χ4n) is 12.3. The largest absolute Gasteiger partial charge is 0.107 e. The second-order valence-corrected chi connectivity index (χ2v) is 41.3. The zero-order valence-electron chi connectivity index (χ0n) is 70.4. The van der Waals surface area contributed by atoms with Crippen molar-refractivity contribution in [3.05, 3.63) is 209 Å². The van der Waals surface area contributed by atoms with Gasteiger partial charge in [0, 0.05) is 0 Å². The summed E-state index contributed by atoms with van der Waals surface area (Å²) >= 11 is 0. The highest BCUT2D eigenvalue weighted by atomic mass is 14.4. The summed E-state index contributed by atoms with van der Waals surface area (Å²) in [5.41, 5.74) is 18.1. The molecule has 534 valence electrons. The summed E-state index contributed by atoms with van der Waals surface area (Å²) in [7, 11) is 0. The molecule has 0 amide bonds. The highest BCUT2D eigenvalue weighted by Gasteiger charge is 2.43. The minimum absolute atomic E-state index is 0.151. The van der Waals surface area contributed by atoms with Gasteiger partial charge in [0.05, 0.1) is 0 Å². The minimum atomic E-state index is -0.969. The lowest BCUT2D eigenvalue weighted by Crippen LogP contribution is -2.32. The molecule has 0 heterocycles. The van der Waals surface area contributed by atoms with Gasteiger partial charge in [0.25, 0.3) is 0 Å². The van der Waals surface area contributed by atoms with Crippen molar-refractivity contribution in [2.24, 2.45) is 0 Å². The Kier molecular flexibility index (Phi) is 23.6. The first kappa shape index (κ1) is 82.8. The second-order valence-electron chi connectivity index (χ2n) is 41.3. The molecule has 0 unspecified atom stereocenters. The molecule has 6 aromatic rings. The molecule has 6 aromatic carbocycles. The van der Waals surface area contributed by atoms with Gasteiger partial charge in [-0.05, 0) is 248 Å². The van der Waals surface area contributed by atoms with Gasteiger partial charge < -0.3 is 0 Å². The molecule has 0 nitrogen and oxygen atoms in total. The van der Waals surface area contributed by atoms with E-state index in [1.165, 1.54) is 66.8 Å². The van der Waals surface area contributed by atoms with Crippen LogP contribution in [0.2, 0.25) is 0 Å². The van der Waals surface area contributed by atoms with Crippen LogP contribution in [0.1, 0.15) is 349 Å². The summed E-state index contributed by atoms with van der Waals surface area (Å²) in [6, 6.07) is 43.5. The van der Waals surface area contributed by atoms with Gasteiger partial charge in [0.1, 0.15) is 10.8 Å². The molecule has 6 rings (SSSR count). The highest BCUT2D eigenvalue weighted by molar-refractivity contribution is 5.67. The predicted molar refractivity (Wildman–Crippen MR) is 445 cm³/mol. The third kappa shape index (κ3) is 20.4. The van der Waals surface area contributed by atoms with Gasteiger partial charge in [0.15, 0.2) is 0 Å². The van der Waals surface area contributed by atoms with Crippen LogP contribution in [0.4, 0.5) is 0 Å². The van der Waals surface area contributed by atoms with E-state index in [1.54, 1.807) is 0 Å². The number of benzene rings is 6. The SMILES string of the molecule is CC(C)(C)c1cc(C(C)(C)C)cc(C(C#CC#CC#CC#CC#CC#CC#CC#CC(c2cc(C(C)(C)C)cc(C(C)(C)C)c2)(c2cc(C(C)(C)C)cc(C(C)(C)C)c2)c2cc(C(C)(C)C)cc(C(C)(C)C)c2)(c2cc(C(C)(C)C)cc(C(C)(C)C)c2)c2cc(C(C)(C)C)cc(C(C)(C)C)c2)c1. The molecule has 0 saturated heterocycles. The molecule has 0 aliphatic heterocycles. The molecule has 0 N–H and O–H groups in total. The lowest BCUT2D eigenvalue weighted by molar-refractivity contribution is 0.556. The third-order valence-corrected chi connectivity index (χ3v) is 19.9. The van der Waals surface area contributed by atoms with E-state index in [0.29, 0.717) is 0 Å². The van der Waals surface area contributed by atoms with E-state index in [0.717, 1.165) is 33.4 Å². The van der Waals surface area contributed by atoms with Crippen molar-refractivity contribution in [3.8, 4) is 94.7 Å². The molecule has 0 radical (unpaired) electrons. The van der Waals surface area contributed by atoms with Crippen LogP contribution in [0.3, 0.4) is 0 Å². The third-order valence-electron chi connectivity index (χ3n) is 19.9. The average molecular weight is 1350 g/mol. The van der Waals surface area contributed by atoms with Gasteiger partial charge in [-0.15, -0.1) is 0 Å². The molecule has 0 fully saturated rings. The molecule has 0 aromatic heterocycles. The first-order valence-corrected chi connectivity index (χ1v) is 37.1. The zero-order valence-corrected chi connectivity index (χ0v) is 70.4. The van der Waals surface area contributed by atoms with Gasteiger partial charge in [0.2, 0.25) is 0 Å². The van der Waals surface area contributed by atoms with Gasteiger partial charge in [-0.25, -0.2) is 0 Å². The van der Waals surface area contributed by atoms with Gasteiger partial charge >= 0.3 is 0 Å². The van der Waals surface area contributed by atoms with Crippen molar-refractivity contribution < 1.29 is 0 Å². The maximum Gasteiger partial charge on any atom is 0.107 e. The maximum atomic E-state index is 3.98. The van der Waals surface area contributed by atoms with Crippen molar-refractivity contribution in [3.63, 3.8) is 0 Å². The van der Waals surface area contributed by atoms with Crippen LogP contribution in [-0.2, 0) is 75.8 Å². The van der Waals surface area contributed by atoms with Crippen LogP contribution in [-0.4, -0.2) is 0 Å². The van der Waals surface area contributed by atoms with Gasteiger partial charge in [-0.1, -0.05) is 370 Å². The standard InChI is InChI=1S/C102H126/c1-89(2,3)71-53-72(90(4,5)6)60-83(59-71)101(84-61-73(91(7,8)9)54-74(62-84)92(10,11)12,85-63-75(93(13,14)15)55-76(64-85)94(16,17)18)51-49-47-45-43-41-39-37-38-40-42-44-46-48-50-52-102(86-65-77(95(19,20)21)56-78(66-86)96(22,23)24,87-67-79(97(25,26)27)57-80(68-87)98(28,29)30)88-69-81(99(31,32)33)58-82(70-88)100(34,35)36/h53-70H,1-36H3. The Hall–Kier alpha value is -8.20. The highest BCUT2D eigenvalue weighted by Crippen LogP contribution is 2.50. The number of rotatable bonds is 6. The van der Waals surface area contributed by atoms with Crippen molar-refractivity contribution in [2.45, 2.75) is 325 Å². The predicted octanol–water partition coefficient (Wildman–Crippen LogP) is 24.7. The molecule has 102 heavy (non-hydrogen) atoms. The summed E-state index contributed by atoms with van der Waals surface area (Å²) in [5, 5.41) is 0. The van der Waals surface area contributed by atoms with Gasteiger partial charge in [-0.2, -0.15) is 0 Å². The fraction of sp³-hybridized carbons (Fsp3) is 0.490. The van der Waals surface area contributed by atoms with Crippen LogP contribution in [0.25, 0.3) is 0 Å². The first-order chi connectivity index (χ1) is 46.1. The molecule has 0 bridgehead atoms. The van der Waals surface area contributed by atoms with Crippen molar-refractivity contribution in [1.82, 2.24) is 0 Å². The van der Waals surface area contributed by atoms with E-state index in [-0.39, 0.29) is 65.0 Å². The molecule has 0 heteroatoms. The van der Waals surface area contributed by atoms with Crippen LogP contribution < -0.4 is 0 Å². The molecule has 0 atom stereocenters. The van der Waals surface area contributed by atoms with E-state index in [4.69, 9.17) is 0 Å². The summed E-state index contributed by atoms with van der Waals surface area (Å²) in [6.45, 7) is 83.2. The van der Waals surface area contributed by atoms with E-state index < -0.39 is 10.8 Å². The van der Waals surface area contributed by atoms with E-state index in [9.17, 15) is 0 Å². The smallest absolute Gasteiger partial charge is 0.0677 e. The van der Waals surface area contributed by atoms with E-state index in [1.807, 2.05) is 0 Å². The molecular weight excluding hydrogens is 1230 g/mol. The molecule has 0 spiro atoms. The number of hydrogen-bond acceptors (Lipinski definition) is 0. The molecule has 0 saturated carbocycles. The fourth-order valence-corrected chi connectivity index (χ4v) is 12.3. The second kappa shape index (κ2) is 29.1. The molecular formula is C102H126. The first-order valence-electron chi connectivity index (χ1n) is 37.1. The Balaban J connectivity index is 1.58.